The van der Waals surface area contributed by atoms with Gasteiger partial charge >= 0.3 is 0 Å². The molecule has 2 N–H and O–H groups in total. The number of halogens is 1. The van der Waals surface area contributed by atoms with Gasteiger partial charge in [-0.05, 0) is 43.7 Å². The third-order valence-corrected chi connectivity index (χ3v) is 3.67. The molecular weight excluding hydrogens is 266 g/mol. The fourth-order valence-electron chi connectivity index (χ4n) is 2.35. The molecule has 0 saturated carbocycles. The SMILES string of the molecule is OC[C@@]1(O)CCCN(CCOc2ccc(Cl)cc2)C1. The standard InChI is InChI=1S/C14H20ClNO3/c15-12-2-4-13(5-3-12)19-9-8-16-7-1-6-14(18,10-16)11-17/h2-5,17-18H,1,6-11H2/t14-/m1/s1. The summed E-state index contributed by atoms with van der Waals surface area (Å²) in [7, 11) is 0. The van der Waals surface area contributed by atoms with Gasteiger partial charge in [-0.3, -0.25) is 4.90 Å². The van der Waals surface area contributed by atoms with Gasteiger partial charge in [-0.2, -0.15) is 0 Å². The lowest BCUT2D eigenvalue weighted by molar-refractivity contribution is -0.0683. The second kappa shape index (κ2) is 6.57. The van der Waals surface area contributed by atoms with E-state index in [4.69, 9.17) is 16.3 Å². The Hall–Kier alpha value is -0.810. The van der Waals surface area contributed by atoms with E-state index in [1.165, 1.54) is 0 Å². The first-order valence-electron chi connectivity index (χ1n) is 6.55. The molecular formula is C14H20ClNO3. The molecule has 0 aromatic heterocycles. The molecule has 1 atom stereocenters. The van der Waals surface area contributed by atoms with Crippen LogP contribution in [0.2, 0.25) is 5.02 Å². The number of ether oxygens (including phenoxy) is 1. The lowest BCUT2D eigenvalue weighted by atomic mass is 9.94. The molecule has 1 saturated heterocycles. The Balaban J connectivity index is 1.75. The number of hydrogen-bond acceptors (Lipinski definition) is 4. The summed E-state index contributed by atoms with van der Waals surface area (Å²) in [6.07, 6.45) is 1.57. The highest BCUT2D eigenvalue weighted by Crippen LogP contribution is 2.20. The molecule has 1 aromatic rings. The zero-order valence-corrected chi connectivity index (χ0v) is 11.6. The highest BCUT2D eigenvalue weighted by Gasteiger charge is 2.32. The van der Waals surface area contributed by atoms with Crippen LogP contribution in [0.15, 0.2) is 24.3 Å². The van der Waals surface area contributed by atoms with Crippen LogP contribution in [0.25, 0.3) is 0 Å². The van der Waals surface area contributed by atoms with Crippen LogP contribution in [0.3, 0.4) is 0 Å². The van der Waals surface area contributed by atoms with Gasteiger partial charge in [0.05, 0.1) is 6.61 Å². The normalized spacial score (nSPS) is 24.4. The Morgan fingerprint density at radius 2 is 2.05 bits per heavy atom. The van der Waals surface area contributed by atoms with E-state index in [0.717, 1.165) is 25.3 Å². The van der Waals surface area contributed by atoms with Crippen LogP contribution in [0.5, 0.6) is 5.75 Å². The highest BCUT2D eigenvalue weighted by molar-refractivity contribution is 6.30. The number of β-amino-alcohol motifs (C(OH)–C–C–N with tert-alkyl or cyclic N) is 1. The minimum absolute atomic E-state index is 0.179. The van der Waals surface area contributed by atoms with Crippen LogP contribution in [-0.2, 0) is 0 Å². The Morgan fingerprint density at radius 1 is 1.32 bits per heavy atom. The number of piperidine rings is 1. The molecule has 1 heterocycles. The first-order chi connectivity index (χ1) is 9.11. The number of aliphatic hydroxyl groups is 2. The van der Waals surface area contributed by atoms with Crippen molar-refractivity contribution in [2.75, 3.05) is 32.8 Å². The summed E-state index contributed by atoms with van der Waals surface area (Å²) < 4.78 is 5.62. The molecule has 1 fully saturated rings. The average Bonchev–Trinajstić information content (AvgIpc) is 2.41. The fraction of sp³-hybridized carbons (Fsp3) is 0.571. The zero-order valence-electron chi connectivity index (χ0n) is 10.9. The summed E-state index contributed by atoms with van der Waals surface area (Å²) in [4.78, 5) is 2.12. The maximum Gasteiger partial charge on any atom is 0.119 e. The maximum atomic E-state index is 10.1. The van der Waals surface area contributed by atoms with Gasteiger partial charge in [0.1, 0.15) is 18.0 Å². The molecule has 4 nitrogen and oxygen atoms in total. The van der Waals surface area contributed by atoms with Crippen LogP contribution in [-0.4, -0.2) is 53.6 Å². The van der Waals surface area contributed by atoms with Gasteiger partial charge in [0, 0.05) is 18.1 Å². The summed E-state index contributed by atoms with van der Waals surface area (Å²) in [5.74, 6) is 0.791. The smallest absolute Gasteiger partial charge is 0.119 e. The van der Waals surface area contributed by atoms with Crippen LogP contribution < -0.4 is 4.74 Å². The minimum Gasteiger partial charge on any atom is -0.492 e. The lowest BCUT2D eigenvalue weighted by Gasteiger charge is -2.37. The quantitative estimate of drug-likeness (QED) is 0.862. The van der Waals surface area contributed by atoms with E-state index >= 15 is 0 Å². The molecule has 5 heteroatoms. The van der Waals surface area contributed by atoms with Gasteiger partial charge in [0.15, 0.2) is 0 Å². The first kappa shape index (κ1) is 14.6. The van der Waals surface area contributed by atoms with E-state index in [1.54, 1.807) is 12.1 Å². The molecule has 0 bridgehead atoms. The maximum absolute atomic E-state index is 10.1. The summed E-state index contributed by atoms with van der Waals surface area (Å²) in [6.45, 7) is 2.56. The largest absolute Gasteiger partial charge is 0.492 e. The molecule has 1 aromatic carbocycles. The minimum atomic E-state index is -0.946. The highest BCUT2D eigenvalue weighted by atomic mass is 35.5. The van der Waals surface area contributed by atoms with Crippen LogP contribution >= 0.6 is 11.6 Å². The number of nitrogens with zero attached hydrogens (tertiary/aromatic N) is 1. The summed E-state index contributed by atoms with van der Waals surface area (Å²) in [5.41, 5.74) is -0.946. The van der Waals surface area contributed by atoms with Gasteiger partial charge in [0.25, 0.3) is 0 Å². The van der Waals surface area contributed by atoms with E-state index in [9.17, 15) is 10.2 Å². The van der Waals surface area contributed by atoms with Gasteiger partial charge in [-0.25, -0.2) is 0 Å². The van der Waals surface area contributed by atoms with Crippen molar-refractivity contribution < 1.29 is 14.9 Å². The molecule has 0 aliphatic carbocycles. The lowest BCUT2D eigenvalue weighted by Crippen LogP contribution is -2.51. The van der Waals surface area contributed by atoms with Crippen LogP contribution in [0, 0.1) is 0 Å². The number of aliphatic hydroxyl groups excluding tert-OH is 1. The predicted molar refractivity (Wildman–Crippen MR) is 74.7 cm³/mol. The van der Waals surface area contributed by atoms with Crippen LogP contribution in [0.1, 0.15) is 12.8 Å². The van der Waals surface area contributed by atoms with E-state index in [1.807, 2.05) is 12.1 Å². The van der Waals surface area contributed by atoms with Crippen molar-refractivity contribution in [3.8, 4) is 5.75 Å². The number of rotatable bonds is 5. The molecule has 0 spiro atoms. The Morgan fingerprint density at radius 3 is 2.74 bits per heavy atom. The summed E-state index contributed by atoms with van der Waals surface area (Å²) in [6, 6.07) is 7.26. The average molecular weight is 286 g/mol. The molecule has 0 amide bonds. The molecule has 1 aliphatic rings. The topological polar surface area (TPSA) is 52.9 Å². The van der Waals surface area contributed by atoms with Crippen molar-refractivity contribution in [2.45, 2.75) is 18.4 Å². The first-order valence-corrected chi connectivity index (χ1v) is 6.93. The summed E-state index contributed by atoms with van der Waals surface area (Å²) >= 11 is 5.80. The van der Waals surface area contributed by atoms with E-state index in [0.29, 0.717) is 24.6 Å². The molecule has 19 heavy (non-hydrogen) atoms. The van der Waals surface area contributed by atoms with Crippen LogP contribution in [0.4, 0.5) is 0 Å². The Labute approximate surface area is 118 Å². The van der Waals surface area contributed by atoms with Crippen molar-refractivity contribution in [1.29, 1.82) is 0 Å². The van der Waals surface area contributed by atoms with Crippen molar-refractivity contribution >= 4 is 11.6 Å². The van der Waals surface area contributed by atoms with Crippen molar-refractivity contribution in [1.82, 2.24) is 4.90 Å². The van der Waals surface area contributed by atoms with Crippen molar-refractivity contribution in [3.05, 3.63) is 29.3 Å². The number of likely N-dealkylation sites (tertiary alicyclic amines) is 1. The monoisotopic (exact) mass is 285 g/mol. The third kappa shape index (κ3) is 4.35. The zero-order chi connectivity index (χ0) is 13.7. The van der Waals surface area contributed by atoms with Crippen molar-refractivity contribution in [3.63, 3.8) is 0 Å². The van der Waals surface area contributed by atoms with Gasteiger partial charge in [0.2, 0.25) is 0 Å². The number of hydrogen-bond donors (Lipinski definition) is 2. The van der Waals surface area contributed by atoms with Gasteiger partial charge in [-0.15, -0.1) is 0 Å². The number of benzene rings is 1. The molecule has 0 radical (unpaired) electrons. The molecule has 1 aliphatic heterocycles. The predicted octanol–water partition coefficient (Wildman–Crippen LogP) is 1.54. The molecule has 2 rings (SSSR count). The second-order valence-electron chi connectivity index (χ2n) is 5.06. The van der Waals surface area contributed by atoms with E-state index in [2.05, 4.69) is 4.90 Å². The molecule has 0 unspecified atom stereocenters. The van der Waals surface area contributed by atoms with E-state index < -0.39 is 5.60 Å². The fourth-order valence-corrected chi connectivity index (χ4v) is 2.48. The third-order valence-electron chi connectivity index (χ3n) is 3.42. The van der Waals surface area contributed by atoms with Gasteiger partial charge in [-0.1, -0.05) is 11.6 Å². The molecule has 106 valence electrons. The Bertz CT molecular complexity index is 398. The second-order valence-corrected chi connectivity index (χ2v) is 5.50. The Kier molecular flexibility index (Phi) is 5.05. The summed E-state index contributed by atoms with van der Waals surface area (Å²) in [5, 5.41) is 19.9. The van der Waals surface area contributed by atoms with E-state index in [-0.39, 0.29) is 6.61 Å². The van der Waals surface area contributed by atoms with Crippen molar-refractivity contribution in [2.24, 2.45) is 0 Å². The van der Waals surface area contributed by atoms with Gasteiger partial charge < -0.3 is 14.9 Å².